The molecule has 0 aliphatic rings. The summed E-state index contributed by atoms with van der Waals surface area (Å²) in [4.78, 5) is 12.2. The number of nitrogens with one attached hydrogen (secondary N) is 2. The number of carbonyl (C=O) groups is 1. The van der Waals surface area contributed by atoms with E-state index in [1.807, 2.05) is 0 Å². The first kappa shape index (κ1) is 17.1. The molecule has 7 heteroatoms. The van der Waals surface area contributed by atoms with Crippen LogP contribution in [-0.2, 0) is 10.0 Å². The van der Waals surface area contributed by atoms with Gasteiger partial charge in [0.2, 0.25) is 10.0 Å². The molecule has 2 aromatic rings. The third-order valence-corrected chi connectivity index (χ3v) is 4.70. The van der Waals surface area contributed by atoms with Crippen molar-refractivity contribution in [3.05, 3.63) is 59.4 Å². The topological polar surface area (TPSA) is 75.3 Å². The van der Waals surface area contributed by atoms with Crippen LogP contribution in [0.1, 0.15) is 22.8 Å². The first-order valence-electron chi connectivity index (χ1n) is 7.00. The van der Waals surface area contributed by atoms with Crippen molar-refractivity contribution in [2.24, 2.45) is 0 Å². The van der Waals surface area contributed by atoms with E-state index in [0.29, 0.717) is 11.3 Å². The zero-order valence-corrected chi connectivity index (χ0v) is 13.6. The van der Waals surface area contributed by atoms with E-state index in [1.165, 1.54) is 42.5 Å². The maximum absolute atomic E-state index is 13.2. The Balaban J connectivity index is 2.24. The summed E-state index contributed by atoms with van der Waals surface area (Å²) in [5.41, 5.74) is 1.05. The maximum atomic E-state index is 13.2. The van der Waals surface area contributed by atoms with Crippen LogP contribution in [0, 0.1) is 12.7 Å². The molecule has 2 N–H and O–H groups in total. The molecule has 0 aliphatic heterocycles. The summed E-state index contributed by atoms with van der Waals surface area (Å²) in [5.74, 6) is -0.828. The summed E-state index contributed by atoms with van der Waals surface area (Å²) in [5, 5.41) is 2.62. The monoisotopic (exact) mass is 336 g/mol. The summed E-state index contributed by atoms with van der Waals surface area (Å²) < 4.78 is 39.5. The van der Waals surface area contributed by atoms with Crippen molar-refractivity contribution in [1.29, 1.82) is 0 Å². The summed E-state index contributed by atoms with van der Waals surface area (Å²) in [6, 6.07) is 9.93. The fourth-order valence-corrected chi connectivity index (χ4v) is 3.09. The summed E-state index contributed by atoms with van der Waals surface area (Å²) in [7, 11) is -3.63. The van der Waals surface area contributed by atoms with E-state index in [0.717, 1.165) is 0 Å². The van der Waals surface area contributed by atoms with E-state index in [4.69, 9.17) is 0 Å². The normalized spacial score (nSPS) is 11.3. The van der Waals surface area contributed by atoms with Gasteiger partial charge in [-0.3, -0.25) is 4.79 Å². The third kappa shape index (κ3) is 4.14. The molecule has 1 amide bonds. The van der Waals surface area contributed by atoms with Crippen LogP contribution in [0.2, 0.25) is 0 Å². The Hall–Kier alpha value is -2.25. The van der Waals surface area contributed by atoms with Gasteiger partial charge in [0.25, 0.3) is 5.91 Å². The summed E-state index contributed by atoms with van der Waals surface area (Å²) in [6.45, 7) is 3.52. The molecule has 0 fully saturated rings. The van der Waals surface area contributed by atoms with Gasteiger partial charge in [0.15, 0.2) is 0 Å². The second-order valence-electron chi connectivity index (χ2n) is 4.95. The molecule has 122 valence electrons. The highest BCUT2D eigenvalue weighted by atomic mass is 32.2. The average Bonchev–Trinajstić information content (AvgIpc) is 2.51. The minimum absolute atomic E-state index is 0.0160. The summed E-state index contributed by atoms with van der Waals surface area (Å²) >= 11 is 0. The average molecular weight is 336 g/mol. The number of benzene rings is 2. The van der Waals surface area contributed by atoms with Crippen LogP contribution in [0.5, 0.6) is 0 Å². The van der Waals surface area contributed by atoms with Gasteiger partial charge < -0.3 is 5.32 Å². The molecule has 0 heterocycles. The van der Waals surface area contributed by atoms with Gasteiger partial charge >= 0.3 is 0 Å². The first-order chi connectivity index (χ1) is 10.8. The van der Waals surface area contributed by atoms with Gasteiger partial charge in [-0.1, -0.05) is 13.0 Å². The lowest BCUT2D eigenvalue weighted by Gasteiger charge is -2.09. The fraction of sp³-hybridized carbons (Fsp3) is 0.188. The molecule has 2 rings (SSSR count). The molecule has 0 aliphatic carbocycles. The quantitative estimate of drug-likeness (QED) is 0.881. The Labute approximate surface area is 134 Å². The highest BCUT2D eigenvalue weighted by molar-refractivity contribution is 7.89. The second kappa shape index (κ2) is 6.89. The fourth-order valence-electron chi connectivity index (χ4n) is 2.00. The Morgan fingerprint density at radius 2 is 1.91 bits per heavy atom. The predicted molar refractivity (Wildman–Crippen MR) is 86.4 cm³/mol. The number of hydrogen-bond acceptors (Lipinski definition) is 3. The summed E-state index contributed by atoms with van der Waals surface area (Å²) in [6.07, 6.45) is 0. The van der Waals surface area contributed by atoms with Gasteiger partial charge in [-0.15, -0.1) is 0 Å². The smallest absolute Gasteiger partial charge is 0.255 e. The lowest BCUT2D eigenvalue weighted by Crippen LogP contribution is -2.23. The SMILES string of the molecule is CCNS(=O)(=O)c1cccc(C(=O)Nc2ccc(F)c(C)c2)c1. The van der Waals surface area contributed by atoms with E-state index < -0.39 is 15.9 Å². The van der Waals surface area contributed by atoms with Crippen LogP contribution in [-0.4, -0.2) is 20.9 Å². The molecule has 0 saturated carbocycles. The van der Waals surface area contributed by atoms with Crippen LogP contribution in [0.3, 0.4) is 0 Å². The zero-order valence-electron chi connectivity index (χ0n) is 12.8. The van der Waals surface area contributed by atoms with Crippen LogP contribution < -0.4 is 10.0 Å². The van der Waals surface area contributed by atoms with Crippen molar-refractivity contribution in [2.75, 3.05) is 11.9 Å². The number of aryl methyl sites for hydroxylation is 1. The number of anilines is 1. The molecule has 0 spiro atoms. The molecule has 0 atom stereocenters. The number of halogens is 1. The minimum Gasteiger partial charge on any atom is -0.322 e. The largest absolute Gasteiger partial charge is 0.322 e. The number of carbonyl (C=O) groups excluding carboxylic acids is 1. The van der Waals surface area contributed by atoms with E-state index in [2.05, 4.69) is 10.0 Å². The van der Waals surface area contributed by atoms with E-state index in [1.54, 1.807) is 13.8 Å². The van der Waals surface area contributed by atoms with Crippen molar-refractivity contribution < 1.29 is 17.6 Å². The van der Waals surface area contributed by atoms with E-state index >= 15 is 0 Å². The van der Waals surface area contributed by atoms with Crippen LogP contribution >= 0.6 is 0 Å². The van der Waals surface area contributed by atoms with Gasteiger partial charge in [-0.2, -0.15) is 0 Å². The molecule has 0 bridgehead atoms. The molecule has 0 saturated heterocycles. The van der Waals surface area contributed by atoms with Crippen molar-refractivity contribution in [3.8, 4) is 0 Å². The highest BCUT2D eigenvalue weighted by Crippen LogP contribution is 2.16. The molecule has 0 radical (unpaired) electrons. The Morgan fingerprint density at radius 3 is 2.57 bits per heavy atom. The Bertz CT molecular complexity index is 835. The molecule has 5 nitrogen and oxygen atoms in total. The Morgan fingerprint density at radius 1 is 1.17 bits per heavy atom. The highest BCUT2D eigenvalue weighted by Gasteiger charge is 2.15. The molecule has 2 aromatic carbocycles. The van der Waals surface area contributed by atoms with Crippen LogP contribution in [0.4, 0.5) is 10.1 Å². The Kier molecular flexibility index (Phi) is 5.12. The lowest BCUT2D eigenvalue weighted by atomic mass is 10.2. The molecule has 0 aromatic heterocycles. The lowest BCUT2D eigenvalue weighted by molar-refractivity contribution is 0.102. The minimum atomic E-state index is -3.63. The van der Waals surface area contributed by atoms with Gasteiger partial charge in [0.05, 0.1) is 4.90 Å². The van der Waals surface area contributed by atoms with Crippen molar-refractivity contribution in [2.45, 2.75) is 18.7 Å². The molecular formula is C16H17FN2O3S. The van der Waals surface area contributed by atoms with E-state index in [9.17, 15) is 17.6 Å². The number of hydrogen-bond donors (Lipinski definition) is 2. The standard InChI is InChI=1S/C16H17FN2O3S/c1-3-18-23(21,22)14-6-4-5-12(10-14)16(20)19-13-7-8-15(17)11(2)9-13/h4-10,18H,3H2,1-2H3,(H,19,20). The predicted octanol–water partition coefficient (Wildman–Crippen LogP) is 2.68. The van der Waals surface area contributed by atoms with Crippen molar-refractivity contribution in [3.63, 3.8) is 0 Å². The van der Waals surface area contributed by atoms with Gasteiger partial charge in [-0.05, 0) is 48.9 Å². The van der Waals surface area contributed by atoms with Gasteiger partial charge in [0.1, 0.15) is 5.82 Å². The number of rotatable bonds is 5. The van der Waals surface area contributed by atoms with Crippen LogP contribution in [0.25, 0.3) is 0 Å². The van der Waals surface area contributed by atoms with Crippen LogP contribution in [0.15, 0.2) is 47.4 Å². The molecular weight excluding hydrogens is 319 g/mol. The van der Waals surface area contributed by atoms with Gasteiger partial charge in [-0.25, -0.2) is 17.5 Å². The van der Waals surface area contributed by atoms with Crippen molar-refractivity contribution in [1.82, 2.24) is 4.72 Å². The third-order valence-electron chi connectivity index (χ3n) is 3.16. The number of amides is 1. The first-order valence-corrected chi connectivity index (χ1v) is 8.49. The molecule has 0 unspecified atom stereocenters. The number of sulfonamides is 1. The molecule has 23 heavy (non-hydrogen) atoms. The second-order valence-corrected chi connectivity index (χ2v) is 6.71. The van der Waals surface area contributed by atoms with Gasteiger partial charge in [0, 0.05) is 17.8 Å². The maximum Gasteiger partial charge on any atom is 0.255 e. The van der Waals surface area contributed by atoms with E-state index in [-0.39, 0.29) is 22.8 Å². The van der Waals surface area contributed by atoms with Crippen molar-refractivity contribution >= 4 is 21.6 Å². The zero-order chi connectivity index (χ0) is 17.0.